The van der Waals surface area contributed by atoms with Crippen molar-refractivity contribution in [3.05, 3.63) is 65.2 Å². The molecule has 1 heterocycles. The maximum Gasteiger partial charge on any atom is 0.254 e. The molecule has 0 aliphatic carbocycles. The van der Waals surface area contributed by atoms with Crippen molar-refractivity contribution in [3.63, 3.8) is 0 Å². The number of nitrogen functional groups attached to an aromatic ring is 1. The first-order valence-corrected chi connectivity index (χ1v) is 9.28. The molecule has 0 saturated carbocycles. The predicted molar refractivity (Wildman–Crippen MR) is 114 cm³/mol. The van der Waals surface area contributed by atoms with E-state index < -0.39 is 0 Å². The molecule has 0 radical (unpaired) electrons. The van der Waals surface area contributed by atoms with Crippen molar-refractivity contribution >= 4 is 35.8 Å². The van der Waals surface area contributed by atoms with Crippen LogP contribution in [0.4, 0.5) is 5.69 Å². The number of nitrogens with two attached hydrogens (primary N) is 1. The van der Waals surface area contributed by atoms with Gasteiger partial charge in [0.15, 0.2) is 0 Å². The number of amides is 3. The van der Waals surface area contributed by atoms with E-state index in [1.54, 1.807) is 12.1 Å². The molecule has 7 nitrogen and oxygen atoms in total. The quantitative estimate of drug-likeness (QED) is 0.621. The van der Waals surface area contributed by atoms with E-state index in [1.165, 1.54) is 4.90 Å². The minimum Gasteiger partial charge on any atom is -0.399 e. The van der Waals surface area contributed by atoms with Gasteiger partial charge in [-0.05, 0) is 35.7 Å². The number of rotatable bonds is 6. The number of hydrogen-bond acceptors (Lipinski definition) is 4. The summed E-state index contributed by atoms with van der Waals surface area (Å²) >= 11 is 0. The number of para-hydroxylation sites is 1. The molecule has 3 rings (SSSR count). The second kappa shape index (κ2) is 10.5. The summed E-state index contributed by atoms with van der Waals surface area (Å²) in [6, 6.07) is 14.6. The van der Waals surface area contributed by atoms with E-state index in [9.17, 15) is 14.4 Å². The number of carbonyl (C=O) groups is 3. The lowest BCUT2D eigenvalue weighted by molar-refractivity contribution is -0.123. The molecule has 8 heteroatoms. The van der Waals surface area contributed by atoms with Crippen LogP contribution in [0.2, 0.25) is 0 Å². The average Bonchev–Trinajstić information content (AvgIpc) is 2.71. The van der Waals surface area contributed by atoms with E-state index >= 15 is 0 Å². The lowest BCUT2D eigenvalue weighted by atomic mass is 10.1. The third-order valence-electron chi connectivity index (χ3n) is 4.69. The monoisotopic (exact) mass is 416 g/mol. The molecule has 29 heavy (non-hydrogen) atoms. The zero-order valence-electron chi connectivity index (χ0n) is 16.0. The smallest absolute Gasteiger partial charge is 0.254 e. The van der Waals surface area contributed by atoms with Gasteiger partial charge < -0.3 is 21.3 Å². The minimum absolute atomic E-state index is 0. The van der Waals surface area contributed by atoms with Gasteiger partial charge in [0.25, 0.3) is 5.91 Å². The zero-order valence-corrected chi connectivity index (χ0v) is 16.8. The highest BCUT2D eigenvalue weighted by Gasteiger charge is 2.22. The van der Waals surface area contributed by atoms with Crippen LogP contribution in [-0.2, 0) is 22.6 Å². The summed E-state index contributed by atoms with van der Waals surface area (Å²) in [4.78, 5) is 37.5. The molecular weight excluding hydrogens is 392 g/mol. The van der Waals surface area contributed by atoms with Gasteiger partial charge in [-0.15, -0.1) is 12.4 Å². The van der Waals surface area contributed by atoms with Gasteiger partial charge in [0.1, 0.15) is 0 Å². The van der Waals surface area contributed by atoms with Gasteiger partial charge in [-0.25, -0.2) is 0 Å². The number of piperazine rings is 1. The summed E-state index contributed by atoms with van der Waals surface area (Å²) in [7, 11) is 0. The Bertz CT molecular complexity index is 870. The number of benzene rings is 2. The third kappa shape index (κ3) is 6.22. The summed E-state index contributed by atoms with van der Waals surface area (Å²) < 4.78 is 0. The fraction of sp³-hybridized carbons (Fsp3) is 0.286. The van der Waals surface area contributed by atoms with Gasteiger partial charge in [0.05, 0.1) is 6.54 Å². The molecule has 0 unspecified atom stereocenters. The second-order valence-electron chi connectivity index (χ2n) is 6.75. The van der Waals surface area contributed by atoms with Crippen molar-refractivity contribution < 1.29 is 14.4 Å². The van der Waals surface area contributed by atoms with Crippen LogP contribution in [0.3, 0.4) is 0 Å². The Morgan fingerprint density at radius 1 is 1.10 bits per heavy atom. The highest BCUT2D eigenvalue weighted by atomic mass is 35.5. The first kappa shape index (κ1) is 22.2. The lowest BCUT2D eigenvalue weighted by Crippen LogP contribution is -2.49. The Morgan fingerprint density at radius 2 is 1.83 bits per heavy atom. The van der Waals surface area contributed by atoms with Crippen molar-refractivity contribution in [2.45, 2.75) is 19.4 Å². The minimum atomic E-state index is -0.161. The molecular formula is C21H25ClN4O3. The topological polar surface area (TPSA) is 105 Å². The molecule has 1 saturated heterocycles. The fourth-order valence-electron chi connectivity index (χ4n) is 3.06. The van der Waals surface area contributed by atoms with Crippen LogP contribution in [0.1, 0.15) is 27.9 Å². The van der Waals surface area contributed by atoms with E-state index in [0.29, 0.717) is 43.7 Å². The number of nitrogens with zero attached hydrogens (tertiary/aromatic N) is 1. The van der Waals surface area contributed by atoms with E-state index in [0.717, 1.165) is 11.1 Å². The van der Waals surface area contributed by atoms with Crippen LogP contribution >= 0.6 is 12.4 Å². The van der Waals surface area contributed by atoms with Crippen molar-refractivity contribution in [2.24, 2.45) is 0 Å². The molecule has 154 valence electrons. The van der Waals surface area contributed by atoms with Crippen molar-refractivity contribution in [1.82, 2.24) is 15.5 Å². The zero-order chi connectivity index (χ0) is 19.9. The number of anilines is 1. The lowest BCUT2D eigenvalue weighted by Gasteiger charge is -2.26. The molecule has 0 spiro atoms. The van der Waals surface area contributed by atoms with E-state index in [2.05, 4.69) is 10.6 Å². The molecule has 1 aliphatic heterocycles. The fourth-order valence-corrected chi connectivity index (χ4v) is 3.06. The maximum atomic E-state index is 12.4. The predicted octanol–water partition coefficient (Wildman–Crippen LogP) is 1.51. The Balaban J connectivity index is 0.00000300. The van der Waals surface area contributed by atoms with Crippen LogP contribution in [0.15, 0.2) is 48.5 Å². The maximum absolute atomic E-state index is 12.4. The first-order valence-electron chi connectivity index (χ1n) is 9.28. The van der Waals surface area contributed by atoms with Crippen molar-refractivity contribution in [2.75, 3.05) is 25.4 Å². The molecule has 3 amide bonds. The second-order valence-corrected chi connectivity index (χ2v) is 6.75. The molecule has 4 N–H and O–H groups in total. The summed E-state index contributed by atoms with van der Waals surface area (Å²) in [6.07, 6.45) is 0.956. The number of hydrogen-bond donors (Lipinski definition) is 3. The van der Waals surface area contributed by atoms with Crippen LogP contribution < -0.4 is 16.4 Å². The normalized spacial score (nSPS) is 13.2. The molecule has 0 atom stereocenters. The summed E-state index contributed by atoms with van der Waals surface area (Å²) in [6.45, 7) is 1.46. The highest BCUT2D eigenvalue weighted by molar-refractivity contribution is 5.97. The summed E-state index contributed by atoms with van der Waals surface area (Å²) in [5.41, 5.74) is 8.98. The summed E-state index contributed by atoms with van der Waals surface area (Å²) in [5.74, 6) is -0.357. The largest absolute Gasteiger partial charge is 0.399 e. The molecule has 2 aromatic carbocycles. The summed E-state index contributed by atoms with van der Waals surface area (Å²) in [5, 5.41) is 5.58. The number of aryl methyl sites for hydroxylation is 1. The van der Waals surface area contributed by atoms with Gasteiger partial charge in [-0.3, -0.25) is 14.4 Å². The number of carbonyl (C=O) groups excluding carboxylic acids is 3. The Morgan fingerprint density at radius 3 is 2.52 bits per heavy atom. The van der Waals surface area contributed by atoms with Crippen LogP contribution in [0, 0.1) is 0 Å². The standard InChI is InChI=1S/C21H24N4O3.ClH/c22-18-4-2-1-3-16(18)9-10-19(26)24-13-15-5-7-17(8-6-15)21(28)25-12-11-23-20(27)14-25;/h1-8H,9-14,22H2,(H,23,27)(H,24,26);1H. The van der Waals surface area contributed by atoms with Crippen molar-refractivity contribution in [1.29, 1.82) is 0 Å². The van der Waals surface area contributed by atoms with Crippen LogP contribution in [0.25, 0.3) is 0 Å². The van der Waals surface area contributed by atoms with Crippen LogP contribution in [0.5, 0.6) is 0 Å². The first-order chi connectivity index (χ1) is 13.5. The van der Waals surface area contributed by atoms with Gasteiger partial charge in [0.2, 0.25) is 11.8 Å². The molecule has 1 aliphatic rings. The van der Waals surface area contributed by atoms with Gasteiger partial charge in [0, 0.05) is 37.3 Å². The number of halogens is 1. The van der Waals surface area contributed by atoms with E-state index in [-0.39, 0.29) is 36.7 Å². The average molecular weight is 417 g/mol. The van der Waals surface area contributed by atoms with E-state index in [4.69, 9.17) is 5.73 Å². The highest BCUT2D eigenvalue weighted by Crippen LogP contribution is 2.13. The van der Waals surface area contributed by atoms with E-state index in [1.807, 2.05) is 36.4 Å². The number of nitrogens with one attached hydrogen (secondary N) is 2. The van der Waals surface area contributed by atoms with Gasteiger partial charge in [-0.1, -0.05) is 30.3 Å². The molecule has 0 aromatic heterocycles. The van der Waals surface area contributed by atoms with Crippen LogP contribution in [-0.4, -0.2) is 42.3 Å². The molecule has 2 aromatic rings. The Kier molecular flexibility index (Phi) is 8.03. The molecule has 0 bridgehead atoms. The van der Waals surface area contributed by atoms with Gasteiger partial charge >= 0.3 is 0 Å². The Labute approximate surface area is 176 Å². The Hall–Kier alpha value is -3.06. The SMILES string of the molecule is Cl.Nc1ccccc1CCC(=O)NCc1ccc(C(=O)N2CCNC(=O)C2)cc1. The van der Waals surface area contributed by atoms with Gasteiger partial charge in [-0.2, -0.15) is 0 Å². The third-order valence-corrected chi connectivity index (χ3v) is 4.69. The van der Waals surface area contributed by atoms with Crippen molar-refractivity contribution in [3.8, 4) is 0 Å². The molecule has 1 fully saturated rings.